The smallest absolute Gasteiger partial charge is 0.352 e. The molecule has 3 nitrogen and oxygen atoms in total. The van der Waals surface area contributed by atoms with Crippen LogP contribution in [0, 0.1) is 0 Å². The van der Waals surface area contributed by atoms with Gasteiger partial charge in [-0.05, 0) is 48.4 Å². The van der Waals surface area contributed by atoms with E-state index in [2.05, 4.69) is 16.4 Å². The van der Waals surface area contributed by atoms with Crippen molar-refractivity contribution in [2.24, 2.45) is 0 Å². The van der Waals surface area contributed by atoms with Gasteiger partial charge in [0.05, 0.1) is 21.6 Å². The number of nitrogens with one attached hydrogen (secondary N) is 1. The second-order valence-corrected chi connectivity index (χ2v) is 7.66. The number of nitrogens with zero attached hydrogens (tertiary/aromatic N) is 2. The molecule has 1 N–H and O–H groups in total. The van der Waals surface area contributed by atoms with Crippen LogP contribution in [0.1, 0.15) is 31.0 Å². The van der Waals surface area contributed by atoms with Crippen molar-refractivity contribution < 1.29 is 13.2 Å². The minimum Gasteiger partial charge on any atom is -0.352 e. The van der Waals surface area contributed by atoms with E-state index >= 15 is 0 Å². The van der Waals surface area contributed by atoms with E-state index in [4.69, 9.17) is 11.6 Å². The van der Waals surface area contributed by atoms with Crippen LogP contribution in [0.5, 0.6) is 0 Å². The lowest BCUT2D eigenvalue weighted by molar-refractivity contribution is -0.137. The largest absolute Gasteiger partial charge is 0.416 e. The number of fused-ring (bicyclic) bond motifs is 2. The Balaban J connectivity index is 1.72. The van der Waals surface area contributed by atoms with Gasteiger partial charge in [-0.1, -0.05) is 48.0 Å². The molecule has 7 heteroatoms. The zero-order valence-corrected chi connectivity index (χ0v) is 16.6. The second-order valence-electron chi connectivity index (χ2n) is 7.26. The SMILES string of the molecule is CC(C)n1c(NCc2ccc3ccccc3c2)nc2cc(C(F)(F)F)cc(Cl)c21. The summed E-state index contributed by atoms with van der Waals surface area (Å²) in [4.78, 5) is 4.41. The Morgan fingerprint density at radius 3 is 2.45 bits per heavy atom. The summed E-state index contributed by atoms with van der Waals surface area (Å²) in [7, 11) is 0. The fourth-order valence-corrected chi connectivity index (χ4v) is 3.81. The van der Waals surface area contributed by atoms with Gasteiger partial charge in [0.2, 0.25) is 5.95 Å². The molecule has 0 amide bonds. The molecule has 29 heavy (non-hydrogen) atoms. The highest BCUT2D eigenvalue weighted by Gasteiger charge is 2.32. The van der Waals surface area contributed by atoms with Crippen molar-refractivity contribution >= 4 is 39.4 Å². The van der Waals surface area contributed by atoms with Crippen LogP contribution in [0.25, 0.3) is 21.8 Å². The predicted octanol–water partition coefficient (Wildman–Crippen LogP) is 7.05. The molecule has 0 aliphatic heterocycles. The number of aromatic nitrogens is 2. The fraction of sp³-hybridized carbons (Fsp3) is 0.227. The molecule has 0 aliphatic carbocycles. The maximum atomic E-state index is 13.1. The first-order valence-corrected chi connectivity index (χ1v) is 9.62. The van der Waals surface area contributed by atoms with Gasteiger partial charge in [0.15, 0.2) is 0 Å². The van der Waals surface area contributed by atoms with E-state index in [1.807, 2.05) is 54.8 Å². The molecule has 0 unspecified atom stereocenters. The van der Waals surface area contributed by atoms with Gasteiger partial charge in [-0.25, -0.2) is 4.98 Å². The van der Waals surface area contributed by atoms with Crippen LogP contribution >= 0.6 is 11.6 Å². The van der Waals surface area contributed by atoms with Crippen molar-refractivity contribution in [1.29, 1.82) is 0 Å². The van der Waals surface area contributed by atoms with Gasteiger partial charge in [-0.2, -0.15) is 13.2 Å². The first kappa shape index (κ1) is 19.6. The van der Waals surface area contributed by atoms with Crippen LogP contribution in [0.4, 0.5) is 19.1 Å². The molecular weight excluding hydrogens is 399 g/mol. The Morgan fingerprint density at radius 2 is 1.76 bits per heavy atom. The molecule has 4 rings (SSSR count). The van der Waals surface area contributed by atoms with Crippen LogP contribution in [0.3, 0.4) is 0 Å². The zero-order chi connectivity index (χ0) is 20.8. The molecule has 0 aliphatic rings. The minimum absolute atomic E-state index is 0.0339. The van der Waals surface area contributed by atoms with E-state index in [1.54, 1.807) is 0 Å². The average molecular weight is 418 g/mol. The van der Waals surface area contributed by atoms with Crippen LogP contribution in [-0.4, -0.2) is 9.55 Å². The Morgan fingerprint density at radius 1 is 1.03 bits per heavy atom. The summed E-state index contributed by atoms with van der Waals surface area (Å²) in [5.74, 6) is 0.490. The maximum absolute atomic E-state index is 13.1. The molecule has 0 fully saturated rings. The van der Waals surface area contributed by atoms with Crippen molar-refractivity contribution in [2.45, 2.75) is 32.6 Å². The molecule has 3 aromatic carbocycles. The van der Waals surface area contributed by atoms with E-state index in [0.29, 0.717) is 18.0 Å². The van der Waals surface area contributed by atoms with E-state index in [-0.39, 0.29) is 16.6 Å². The highest BCUT2D eigenvalue weighted by Crippen LogP contribution is 2.37. The number of halogens is 4. The van der Waals surface area contributed by atoms with Crippen molar-refractivity contribution in [3.05, 3.63) is 70.7 Å². The molecule has 0 radical (unpaired) electrons. The molecule has 150 valence electrons. The Kier molecular flexibility index (Phi) is 4.90. The zero-order valence-electron chi connectivity index (χ0n) is 15.9. The first-order chi connectivity index (χ1) is 13.7. The lowest BCUT2D eigenvalue weighted by Gasteiger charge is -2.15. The summed E-state index contributed by atoms with van der Waals surface area (Å²) in [5.41, 5.74) is 0.966. The van der Waals surface area contributed by atoms with Gasteiger partial charge in [-0.15, -0.1) is 0 Å². The Bertz CT molecular complexity index is 1200. The van der Waals surface area contributed by atoms with E-state index < -0.39 is 11.7 Å². The van der Waals surface area contributed by atoms with Crippen molar-refractivity contribution in [3.8, 4) is 0 Å². The topological polar surface area (TPSA) is 29.9 Å². The summed E-state index contributed by atoms with van der Waals surface area (Å²) in [6.45, 7) is 4.37. The number of hydrogen-bond donors (Lipinski definition) is 1. The van der Waals surface area contributed by atoms with Gasteiger partial charge in [0.1, 0.15) is 0 Å². The van der Waals surface area contributed by atoms with Gasteiger partial charge >= 0.3 is 6.18 Å². The monoisotopic (exact) mass is 417 g/mol. The van der Waals surface area contributed by atoms with Crippen molar-refractivity contribution in [3.63, 3.8) is 0 Å². The van der Waals surface area contributed by atoms with Crippen LogP contribution in [-0.2, 0) is 12.7 Å². The van der Waals surface area contributed by atoms with Gasteiger partial charge < -0.3 is 9.88 Å². The average Bonchev–Trinajstić information content (AvgIpc) is 3.05. The number of benzene rings is 3. The Hall–Kier alpha value is -2.73. The molecule has 0 spiro atoms. The summed E-state index contributed by atoms with van der Waals surface area (Å²) >= 11 is 6.22. The van der Waals surface area contributed by atoms with Gasteiger partial charge in [-0.3, -0.25) is 0 Å². The maximum Gasteiger partial charge on any atom is 0.416 e. The normalized spacial score (nSPS) is 12.2. The van der Waals surface area contributed by atoms with E-state index in [0.717, 1.165) is 28.5 Å². The number of rotatable bonds is 4. The van der Waals surface area contributed by atoms with Crippen molar-refractivity contribution in [2.75, 3.05) is 5.32 Å². The summed E-state index contributed by atoms with van der Waals surface area (Å²) in [5, 5.41) is 5.58. The third-order valence-corrected chi connectivity index (χ3v) is 5.14. The van der Waals surface area contributed by atoms with Crippen LogP contribution in [0.2, 0.25) is 5.02 Å². The first-order valence-electron chi connectivity index (χ1n) is 9.24. The molecular formula is C22H19ClF3N3. The minimum atomic E-state index is -4.47. The molecule has 0 saturated carbocycles. The highest BCUT2D eigenvalue weighted by atomic mass is 35.5. The summed E-state index contributed by atoms with van der Waals surface area (Å²) in [6.07, 6.45) is -4.47. The fourth-order valence-electron chi connectivity index (χ4n) is 3.50. The summed E-state index contributed by atoms with van der Waals surface area (Å²) in [6, 6.07) is 16.2. The number of hydrogen-bond acceptors (Lipinski definition) is 2. The predicted molar refractivity (Wildman–Crippen MR) is 111 cm³/mol. The Labute approximate surface area is 171 Å². The quantitative estimate of drug-likeness (QED) is 0.385. The highest BCUT2D eigenvalue weighted by molar-refractivity contribution is 6.35. The molecule has 1 heterocycles. The second kappa shape index (κ2) is 7.26. The van der Waals surface area contributed by atoms with E-state index in [1.165, 1.54) is 0 Å². The standard InChI is InChI=1S/C22H19ClF3N3/c1-13(2)29-20-18(23)10-17(22(24,25)26)11-19(20)28-21(29)27-12-14-7-8-15-5-3-4-6-16(15)9-14/h3-11,13H,12H2,1-2H3,(H,27,28). The lowest BCUT2D eigenvalue weighted by Crippen LogP contribution is -2.09. The van der Waals surface area contributed by atoms with Crippen LogP contribution < -0.4 is 5.32 Å². The summed E-state index contributed by atoms with van der Waals surface area (Å²) < 4.78 is 41.3. The lowest BCUT2D eigenvalue weighted by atomic mass is 10.1. The molecule has 0 atom stereocenters. The molecule has 4 aromatic rings. The third kappa shape index (κ3) is 3.77. The van der Waals surface area contributed by atoms with Gasteiger partial charge in [0, 0.05) is 12.6 Å². The van der Waals surface area contributed by atoms with E-state index in [9.17, 15) is 13.2 Å². The number of imidazole rings is 1. The van der Waals surface area contributed by atoms with Gasteiger partial charge in [0.25, 0.3) is 0 Å². The van der Waals surface area contributed by atoms with Crippen LogP contribution in [0.15, 0.2) is 54.6 Å². The van der Waals surface area contributed by atoms with Crippen molar-refractivity contribution in [1.82, 2.24) is 9.55 Å². The molecule has 0 saturated heterocycles. The molecule has 0 bridgehead atoms. The third-order valence-electron chi connectivity index (χ3n) is 4.85. The number of alkyl halides is 3. The molecule has 1 aromatic heterocycles. The number of anilines is 1.